The predicted octanol–water partition coefficient (Wildman–Crippen LogP) is 1.03. The van der Waals surface area contributed by atoms with Crippen LogP contribution in [-0.4, -0.2) is 18.0 Å². The number of carbonyl (C=O) groups is 1. The molecule has 3 N–H and O–H groups in total. The molecule has 14 heavy (non-hydrogen) atoms. The minimum absolute atomic E-state index is 0.0353. The van der Waals surface area contributed by atoms with E-state index in [-0.39, 0.29) is 5.91 Å². The monoisotopic (exact) mass is 196 g/mol. The van der Waals surface area contributed by atoms with Crippen molar-refractivity contribution in [1.82, 2.24) is 5.32 Å². The Morgan fingerprint density at radius 2 is 2.14 bits per heavy atom. The van der Waals surface area contributed by atoms with E-state index in [0.29, 0.717) is 11.3 Å². The molecule has 2 aliphatic rings. The number of hydrogen-bond donors (Lipinski definition) is 2. The van der Waals surface area contributed by atoms with Gasteiger partial charge in [-0.25, -0.2) is 0 Å². The van der Waals surface area contributed by atoms with E-state index in [2.05, 4.69) is 12.2 Å². The largest absolute Gasteiger partial charge is 0.354 e. The topological polar surface area (TPSA) is 55.1 Å². The van der Waals surface area contributed by atoms with E-state index in [1.165, 1.54) is 12.8 Å². The van der Waals surface area contributed by atoms with Crippen LogP contribution in [0, 0.1) is 11.3 Å². The second kappa shape index (κ2) is 2.96. The standard InChI is InChI=1S/C11H20N2O/c1-10(5-6-10)7-13-9(14)11(2,12)8-3-4-8/h8H,3-7,12H2,1-2H3,(H,13,14). The lowest BCUT2D eigenvalue weighted by Gasteiger charge is -2.24. The third kappa shape index (κ3) is 1.92. The van der Waals surface area contributed by atoms with Crippen molar-refractivity contribution in [2.45, 2.75) is 45.1 Å². The van der Waals surface area contributed by atoms with Crippen molar-refractivity contribution in [3.8, 4) is 0 Å². The van der Waals surface area contributed by atoms with E-state index in [1.54, 1.807) is 0 Å². The normalized spacial score (nSPS) is 27.9. The van der Waals surface area contributed by atoms with Crippen molar-refractivity contribution in [2.75, 3.05) is 6.54 Å². The van der Waals surface area contributed by atoms with E-state index >= 15 is 0 Å². The Morgan fingerprint density at radius 1 is 1.57 bits per heavy atom. The Kier molecular flexibility index (Phi) is 2.11. The Hall–Kier alpha value is -0.570. The van der Waals surface area contributed by atoms with Crippen LogP contribution < -0.4 is 11.1 Å². The average molecular weight is 196 g/mol. The number of amides is 1. The molecule has 0 aliphatic heterocycles. The minimum atomic E-state index is -0.634. The zero-order valence-electron chi connectivity index (χ0n) is 9.10. The molecule has 2 aliphatic carbocycles. The number of carbonyl (C=O) groups excluding carboxylic acids is 1. The van der Waals surface area contributed by atoms with Gasteiger partial charge in [0.15, 0.2) is 0 Å². The first kappa shape index (κ1) is 9.97. The van der Waals surface area contributed by atoms with Crippen molar-refractivity contribution >= 4 is 5.91 Å². The maximum absolute atomic E-state index is 11.8. The molecule has 2 saturated carbocycles. The number of nitrogens with one attached hydrogen (secondary N) is 1. The predicted molar refractivity (Wildman–Crippen MR) is 55.7 cm³/mol. The summed E-state index contributed by atoms with van der Waals surface area (Å²) in [4.78, 5) is 11.8. The molecule has 1 unspecified atom stereocenters. The van der Waals surface area contributed by atoms with Gasteiger partial charge >= 0.3 is 0 Å². The van der Waals surface area contributed by atoms with Crippen LogP contribution in [0.15, 0.2) is 0 Å². The molecule has 0 bridgehead atoms. The van der Waals surface area contributed by atoms with Crippen LogP contribution in [-0.2, 0) is 4.79 Å². The molecule has 0 aromatic heterocycles. The zero-order valence-corrected chi connectivity index (χ0v) is 9.10. The van der Waals surface area contributed by atoms with Crippen molar-refractivity contribution in [1.29, 1.82) is 0 Å². The van der Waals surface area contributed by atoms with Crippen LogP contribution in [0.5, 0.6) is 0 Å². The molecule has 0 saturated heterocycles. The van der Waals surface area contributed by atoms with Gasteiger partial charge in [-0.05, 0) is 43.9 Å². The summed E-state index contributed by atoms with van der Waals surface area (Å²) in [5, 5.41) is 2.98. The van der Waals surface area contributed by atoms with Gasteiger partial charge < -0.3 is 11.1 Å². The van der Waals surface area contributed by atoms with Gasteiger partial charge in [-0.1, -0.05) is 6.92 Å². The third-order valence-electron chi connectivity index (χ3n) is 3.69. The van der Waals surface area contributed by atoms with Crippen LogP contribution in [0.2, 0.25) is 0 Å². The summed E-state index contributed by atoms with van der Waals surface area (Å²) in [6, 6.07) is 0. The van der Waals surface area contributed by atoms with Gasteiger partial charge in [-0.2, -0.15) is 0 Å². The minimum Gasteiger partial charge on any atom is -0.354 e. The van der Waals surface area contributed by atoms with Crippen LogP contribution in [0.25, 0.3) is 0 Å². The molecule has 0 aromatic rings. The van der Waals surface area contributed by atoms with Crippen LogP contribution in [0.3, 0.4) is 0 Å². The Labute approximate surface area is 85.4 Å². The fourth-order valence-electron chi connectivity index (χ4n) is 1.74. The molecule has 0 spiro atoms. The van der Waals surface area contributed by atoms with Crippen LogP contribution >= 0.6 is 0 Å². The first-order valence-corrected chi connectivity index (χ1v) is 5.51. The molecule has 0 aromatic carbocycles. The van der Waals surface area contributed by atoms with E-state index in [0.717, 1.165) is 19.4 Å². The molecule has 2 rings (SSSR count). The fourth-order valence-corrected chi connectivity index (χ4v) is 1.74. The van der Waals surface area contributed by atoms with Crippen LogP contribution in [0.1, 0.15) is 39.5 Å². The van der Waals surface area contributed by atoms with Gasteiger partial charge in [0.1, 0.15) is 0 Å². The van der Waals surface area contributed by atoms with E-state index in [4.69, 9.17) is 5.73 Å². The van der Waals surface area contributed by atoms with Gasteiger partial charge in [0, 0.05) is 6.54 Å². The summed E-state index contributed by atoms with van der Waals surface area (Å²) in [5.74, 6) is 0.447. The zero-order chi connectivity index (χ0) is 10.4. The summed E-state index contributed by atoms with van der Waals surface area (Å²) in [6.07, 6.45) is 4.69. The van der Waals surface area contributed by atoms with Crippen molar-refractivity contribution in [3.05, 3.63) is 0 Å². The van der Waals surface area contributed by atoms with E-state index < -0.39 is 5.54 Å². The molecule has 0 heterocycles. The Morgan fingerprint density at radius 3 is 2.57 bits per heavy atom. The highest BCUT2D eigenvalue weighted by atomic mass is 16.2. The lowest BCUT2D eigenvalue weighted by Crippen LogP contribution is -2.54. The lowest BCUT2D eigenvalue weighted by molar-refractivity contribution is -0.126. The number of rotatable bonds is 4. The number of nitrogens with two attached hydrogens (primary N) is 1. The lowest BCUT2D eigenvalue weighted by atomic mass is 9.96. The SMILES string of the molecule is CC1(CNC(=O)C(C)(N)C2CC2)CC1. The summed E-state index contributed by atoms with van der Waals surface area (Å²) < 4.78 is 0. The van der Waals surface area contributed by atoms with Crippen molar-refractivity contribution in [2.24, 2.45) is 17.1 Å². The summed E-state index contributed by atoms with van der Waals surface area (Å²) in [6.45, 7) is 4.86. The highest BCUT2D eigenvalue weighted by molar-refractivity contribution is 5.86. The highest BCUT2D eigenvalue weighted by Crippen LogP contribution is 2.44. The molecular weight excluding hydrogens is 176 g/mol. The molecule has 3 nitrogen and oxygen atoms in total. The fraction of sp³-hybridized carbons (Fsp3) is 0.909. The second-order valence-electron chi connectivity index (χ2n) is 5.55. The molecule has 3 heteroatoms. The maximum Gasteiger partial charge on any atom is 0.240 e. The smallest absolute Gasteiger partial charge is 0.240 e. The third-order valence-corrected chi connectivity index (χ3v) is 3.69. The van der Waals surface area contributed by atoms with Crippen molar-refractivity contribution in [3.63, 3.8) is 0 Å². The van der Waals surface area contributed by atoms with Crippen LogP contribution in [0.4, 0.5) is 0 Å². The van der Waals surface area contributed by atoms with E-state index in [1.807, 2.05) is 6.92 Å². The van der Waals surface area contributed by atoms with Gasteiger partial charge in [-0.3, -0.25) is 4.79 Å². The number of hydrogen-bond acceptors (Lipinski definition) is 2. The second-order valence-corrected chi connectivity index (χ2v) is 5.55. The van der Waals surface area contributed by atoms with Crippen molar-refractivity contribution < 1.29 is 4.79 Å². The van der Waals surface area contributed by atoms with Gasteiger partial charge in [-0.15, -0.1) is 0 Å². The quantitative estimate of drug-likeness (QED) is 0.705. The first-order valence-electron chi connectivity index (χ1n) is 5.51. The van der Waals surface area contributed by atoms with Gasteiger partial charge in [0.2, 0.25) is 5.91 Å². The molecular formula is C11H20N2O. The summed E-state index contributed by atoms with van der Waals surface area (Å²) in [5.41, 5.74) is 5.74. The Balaban J connectivity index is 1.82. The summed E-state index contributed by atoms with van der Waals surface area (Å²) >= 11 is 0. The average Bonchev–Trinajstić information content (AvgIpc) is 2.94. The van der Waals surface area contributed by atoms with Gasteiger partial charge in [0.25, 0.3) is 0 Å². The Bertz CT molecular complexity index is 252. The van der Waals surface area contributed by atoms with E-state index in [9.17, 15) is 4.79 Å². The first-order chi connectivity index (χ1) is 6.44. The molecule has 1 amide bonds. The highest BCUT2D eigenvalue weighted by Gasteiger charge is 2.45. The molecule has 0 radical (unpaired) electrons. The molecule has 2 fully saturated rings. The molecule has 1 atom stereocenters. The molecule has 80 valence electrons. The summed E-state index contributed by atoms with van der Waals surface area (Å²) in [7, 11) is 0. The van der Waals surface area contributed by atoms with Gasteiger partial charge in [0.05, 0.1) is 5.54 Å². The maximum atomic E-state index is 11.8.